The molecule has 3 rings (SSSR count). The summed E-state index contributed by atoms with van der Waals surface area (Å²) in [5.74, 6) is -1.62. The first-order valence-electron chi connectivity index (χ1n) is 16.1. The van der Waals surface area contributed by atoms with Crippen molar-refractivity contribution in [2.45, 2.75) is 83.8 Å². The van der Waals surface area contributed by atoms with E-state index in [1.807, 2.05) is 86.6 Å². The van der Waals surface area contributed by atoms with E-state index in [0.29, 0.717) is 38.8 Å². The van der Waals surface area contributed by atoms with Crippen molar-refractivity contribution in [3.63, 3.8) is 0 Å². The molecule has 0 radical (unpaired) electrons. The van der Waals surface area contributed by atoms with Crippen molar-refractivity contribution < 1.29 is 19.2 Å². The van der Waals surface area contributed by atoms with E-state index in [0.717, 1.165) is 28.3 Å². The van der Waals surface area contributed by atoms with Crippen LogP contribution in [0.3, 0.4) is 0 Å². The van der Waals surface area contributed by atoms with Gasteiger partial charge >= 0.3 is 0 Å². The second kappa shape index (κ2) is 18.5. The maximum atomic E-state index is 13.7. The standard InChI is InChI=1S/C36H49N5O4/c1-4-25(3)33(36(45)40-30(17-11-12-21-37)34(43)38-22-20-26-13-7-6-8-14-26)41-35(44)31(39-32(42)5-2)24-27-18-19-28-15-9-10-16-29(28)23-27/h6-10,13-16,18-19,23,25,30-31,33H,4-5,11-12,17,20-22,24,37H2,1-3H3,(H,38,43)(H,39,42)(H,40,45)(H,41,44)/t25-,30-,31-,33-/m0/s1. The van der Waals surface area contributed by atoms with E-state index in [-0.39, 0.29) is 30.6 Å². The minimum Gasteiger partial charge on any atom is -0.354 e. The molecule has 6 N–H and O–H groups in total. The van der Waals surface area contributed by atoms with Crippen molar-refractivity contribution in [3.8, 4) is 0 Å². The van der Waals surface area contributed by atoms with E-state index in [4.69, 9.17) is 5.73 Å². The highest BCUT2D eigenvalue weighted by molar-refractivity contribution is 5.94. The fraction of sp³-hybridized carbons (Fsp3) is 0.444. The number of hydrogen-bond acceptors (Lipinski definition) is 5. The molecule has 0 saturated carbocycles. The molecule has 0 spiro atoms. The molecule has 0 aliphatic carbocycles. The Hall–Kier alpha value is -4.24. The number of amides is 4. The monoisotopic (exact) mass is 615 g/mol. The van der Waals surface area contributed by atoms with Gasteiger partial charge in [-0.15, -0.1) is 0 Å². The number of carbonyl (C=O) groups excluding carboxylic acids is 4. The van der Waals surface area contributed by atoms with Crippen LogP contribution < -0.4 is 27.0 Å². The SMILES string of the molecule is CCC(=O)N[C@@H](Cc1ccc2ccccc2c1)C(=O)N[C@H](C(=O)N[C@@H](CCCCN)C(=O)NCCc1ccccc1)[C@@H](C)CC. The number of nitrogens with one attached hydrogen (secondary N) is 4. The molecule has 0 heterocycles. The van der Waals surface area contributed by atoms with Gasteiger partial charge in [0.25, 0.3) is 0 Å². The summed E-state index contributed by atoms with van der Waals surface area (Å²) in [4.78, 5) is 53.1. The quantitative estimate of drug-likeness (QED) is 0.139. The maximum absolute atomic E-state index is 13.7. The summed E-state index contributed by atoms with van der Waals surface area (Å²) in [5.41, 5.74) is 7.68. The molecule has 4 amide bonds. The molecular weight excluding hydrogens is 566 g/mol. The van der Waals surface area contributed by atoms with Crippen LogP contribution in [0.25, 0.3) is 10.8 Å². The first-order chi connectivity index (χ1) is 21.7. The third-order valence-electron chi connectivity index (χ3n) is 8.16. The topological polar surface area (TPSA) is 142 Å². The maximum Gasteiger partial charge on any atom is 0.243 e. The van der Waals surface area contributed by atoms with Crippen LogP contribution in [0.4, 0.5) is 0 Å². The average Bonchev–Trinajstić information content (AvgIpc) is 3.06. The highest BCUT2D eigenvalue weighted by Gasteiger charge is 2.32. The molecule has 4 atom stereocenters. The van der Waals surface area contributed by atoms with Gasteiger partial charge in [-0.05, 0) is 60.0 Å². The first kappa shape index (κ1) is 35.2. The van der Waals surface area contributed by atoms with E-state index in [2.05, 4.69) is 21.3 Å². The van der Waals surface area contributed by atoms with E-state index in [1.54, 1.807) is 6.92 Å². The first-order valence-corrected chi connectivity index (χ1v) is 16.1. The highest BCUT2D eigenvalue weighted by Crippen LogP contribution is 2.17. The Labute approximate surface area is 267 Å². The van der Waals surface area contributed by atoms with Crippen LogP contribution in [-0.2, 0) is 32.0 Å². The zero-order valence-electron chi connectivity index (χ0n) is 26.8. The largest absolute Gasteiger partial charge is 0.354 e. The second-order valence-corrected chi connectivity index (χ2v) is 11.6. The second-order valence-electron chi connectivity index (χ2n) is 11.6. The van der Waals surface area contributed by atoms with Crippen LogP contribution in [0.5, 0.6) is 0 Å². The molecule has 45 heavy (non-hydrogen) atoms. The van der Waals surface area contributed by atoms with Crippen molar-refractivity contribution in [2.75, 3.05) is 13.1 Å². The van der Waals surface area contributed by atoms with Crippen molar-refractivity contribution in [2.24, 2.45) is 11.7 Å². The average molecular weight is 616 g/mol. The minimum absolute atomic E-state index is 0.219. The predicted molar refractivity (Wildman–Crippen MR) is 179 cm³/mol. The summed E-state index contributed by atoms with van der Waals surface area (Å²) < 4.78 is 0. The van der Waals surface area contributed by atoms with Gasteiger partial charge in [0.1, 0.15) is 18.1 Å². The van der Waals surface area contributed by atoms with E-state index < -0.39 is 29.9 Å². The van der Waals surface area contributed by atoms with E-state index >= 15 is 0 Å². The van der Waals surface area contributed by atoms with Gasteiger partial charge in [0.05, 0.1) is 0 Å². The number of benzene rings is 3. The molecule has 0 aliphatic rings. The molecule has 242 valence electrons. The summed E-state index contributed by atoms with van der Waals surface area (Å²) in [6.07, 6.45) is 3.61. The van der Waals surface area contributed by atoms with Crippen LogP contribution in [0.15, 0.2) is 72.8 Å². The van der Waals surface area contributed by atoms with Crippen molar-refractivity contribution in [1.82, 2.24) is 21.3 Å². The van der Waals surface area contributed by atoms with Gasteiger partial charge in [0.15, 0.2) is 0 Å². The summed E-state index contributed by atoms with van der Waals surface area (Å²) in [7, 11) is 0. The molecular formula is C36H49N5O4. The normalized spacial score (nSPS) is 13.7. The number of nitrogens with two attached hydrogens (primary N) is 1. The van der Waals surface area contributed by atoms with Crippen LogP contribution in [0, 0.1) is 5.92 Å². The summed E-state index contributed by atoms with van der Waals surface area (Å²) in [5, 5.41) is 13.7. The van der Waals surface area contributed by atoms with Crippen molar-refractivity contribution in [3.05, 3.63) is 83.9 Å². The van der Waals surface area contributed by atoms with E-state index in [9.17, 15) is 19.2 Å². The van der Waals surface area contributed by atoms with Gasteiger partial charge in [0, 0.05) is 19.4 Å². The Kier molecular flexibility index (Phi) is 14.5. The van der Waals surface area contributed by atoms with Crippen LogP contribution in [-0.4, -0.2) is 54.8 Å². The molecule has 3 aromatic rings. The number of hydrogen-bond donors (Lipinski definition) is 5. The molecule has 3 aromatic carbocycles. The van der Waals surface area contributed by atoms with Gasteiger partial charge in [-0.25, -0.2) is 0 Å². The number of rotatable bonds is 18. The Morgan fingerprint density at radius 3 is 2.13 bits per heavy atom. The number of carbonyl (C=O) groups is 4. The lowest BCUT2D eigenvalue weighted by molar-refractivity contribution is -0.134. The molecule has 0 unspecified atom stereocenters. The Bertz CT molecular complexity index is 1400. The molecule has 0 aliphatic heterocycles. The van der Waals surface area contributed by atoms with Crippen LogP contribution in [0.2, 0.25) is 0 Å². The lowest BCUT2D eigenvalue weighted by atomic mass is 9.96. The molecule has 0 fully saturated rings. The minimum atomic E-state index is -0.894. The zero-order chi connectivity index (χ0) is 32.6. The fourth-order valence-corrected chi connectivity index (χ4v) is 5.18. The Balaban J connectivity index is 1.73. The van der Waals surface area contributed by atoms with Gasteiger partial charge in [0.2, 0.25) is 23.6 Å². The van der Waals surface area contributed by atoms with Gasteiger partial charge in [-0.3, -0.25) is 19.2 Å². The summed E-state index contributed by atoms with van der Waals surface area (Å²) >= 11 is 0. The molecule has 9 heteroatoms. The van der Waals surface area contributed by atoms with Crippen LogP contribution >= 0.6 is 0 Å². The van der Waals surface area contributed by atoms with Crippen LogP contribution in [0.1, 0.15) is 64.0 Å². The lowest BCUT2D eigenvalue weighted by Gasteiger charge is -2.28. The highest BCUT2D eigenvalue weighted by atomic mass is 16.2. The number of fused-ring (bicyclic) bond motifs is 1. The predicted octanol–water partition coefficient (Wildman–Crippen LogP) is 3.78. The van der Waals surface area contributed by atoms with E-state index in [1.165, 1.54) is 0 Å². The van der Waals surface area contributed by atoms with Gasteiger partial charge < -0.3 is 27.0 Å². The van der Waals surface area contributed by atoms with Crippen molar-refractivity contribution >= 4 is 34.4 Å². The Morgan fingerprint density at radius 1 is 0.733 bits per heavy atom. The molecule has 0 bridgehead atoms. The summed E-state index contributed by atoms with van der Waals surface area (Å²) in [6.45, 7) is 6.48. The zero-order valence-corrected chi connectivity index (χ0v) is 26.8. The molecule has 9 nitrogen and oxygen atoms in total. The number of unbranched alkanes of at least 4 members (excludes halogenated alkanes) is 1. The van der Waals surface area contributed by atoms with Crippen molar-refractivity contribution in [1.29, 1.82) is 0 Å². The van der Waals surface area contributed by atoms with Gasteiger partial charge in [-0.2, -0.15) is 0 Å². The fourth-order valence-electron chi connectivity index (χ4n) is 5.18. The molecule has 0 saturated heterocycles. The smallest absolute Gasteiger partial charge is 0.243 e. The Morgan fingerprint density at radius 2 is 1.44 bits per heavy atom. The third kappa shape index (κ3) is 11.3. The third-order valence-corrected chi connectivity index (χ3v) is 8.16. The van der Waals surface area contributed by atoms with Gasteiger partial charge in [-0.1, -0.05) is 100.0 Å². The lowest BCUT2D eigenvalue weighted by Crippen LogP contribution is -2.58. The molecule has 0 aromatic heterocycles. The summed E-state index contributed by atoms with van der Waals surface area (Å²) in [6, 6.07) is 21.2.